The van der Waals surface area contributed by atoms with Crippen LogP contribution in [0, 0.1) is 5.92 Å². The summed E-state index contributed by atoms with van der Waals surface area (Å²) in [5, 5.41) is 0. The third-order valence-corrected chi connectivity index (χ3v) is 3.59. The van der Waals surface area contributed by atoms with E-state index in [1.165, 1.54) is 31.3 Å². The standard InChI is InChI=1S/C15H25F/c1-4-7-13(8-5-2)14-10-9-12(6-3)15(16)11-14/h11,13H,4-10H2,1-3H3. The Morgan fingerprint density at radius 1 is 1.12 bits per heavy atom. The fourth-order valence-corrected chi connectivity index (χ4v) is 2.63. The molecule has 0 spiro atoms. The molecule has 0 aromatic rings. The molecule has 1 heteroatoms. The second-order valence-electron chi connectivity index (χ2n) is 4.80. The van der Waals surface area contributed by atoms with E-state index in [9.17, 15) is 4.39 Å². The molecule has 0 radical (unpaired) electrons. The second-order valence-corrected chi connectivity index (χ2v) is 4.80. The lowest BCUT2D eigenvalue weighted by Gasteiger charge is -2.23. The predicted octanol–water partition coefficient (Wildman–Crippen LogP) is 5.56. The van der Waals surface area contributed by atoms with Gasteiger partial charge in [-0.1, -0.05) is 39.2 Å². The molecule has 1 aliphatic rings. The number of rotatable bonds is 6. The highest BCUT2D eigenvalue weighted by Gasteiger charge is 2.18. The molecular formula is C15H25F. The van der Waals surface area contributed by atoms with E-state index in [2.05, 4.69) is 13.8 Å². The summed E-state index contributed by atoms with van der Waals surface area (Å²) in [5.74, 6) is 0.681. The molecule has 0 aliphatic heterocycles. The topological polar surface area (TPSA) is 0 Å². The quantitative estimate of drug-likeness (QED) is 0.554. The molecule has 92 valence electrons. The van der Waals surface area contributed by atoms with Crippen LogP contribution in [0.5, 0.6) is 0 Å². The van der Waals surface area contributed by atoms with E-state index in [-0.39, 0.29) is 5.83 Å². The van der Waals surface area contributed by atoms with Gasteiger partial charge in [0.15, 0.2) is 0 Å². The van der Waals surface area contributed by atoms with Crippen molar-refractivity contribution in [2.45, 2.75) is 65.7 Å². The molecule has 0 saturated carbocycles. The van der Waals surface area contributed by atoms with Crippen LogP contribution in [0.15, 0.2) is 23.0 Å². The maximum atomic E-state index is 13.7. The van der Waals surface area contributed by atoms with Crippen LogP contribution in [0.2, 0.25) is 0 Å². The van der Waals surface area contributed by atoms with Crippen LogP contribution in [-0.2, 0) is 0 Å². The first-order chi connectivity index (χ1) is 7.72. The van der Waals surface area contributed by atoms with Crippen molar-refractivity contribution in [1.29, 1.82) is 0 Å². The molecule has 0 saturated heterocycles. The Hall–Kier alpha value is -0.590. The zero-order valence-corrected chi connectivity index (χ0v) is 11.0. The van der Waals surface area contributed by atoms with Gasteiger partial charge in [0.2, 0.25) is 0 Å². The van der Waals surface area contributed by atoms with E-state index < -0.39 is 0 Å². The number of allylic oxidation sites excluding steroid dienone is 4. The summed E-state index contributed by atoms with van der Waals surface area (Å²) in [6.45, 7) is 6.48. The second kappa shape index (κ2) is 6.88. The molecule has 16 heavy (non-hydrogen) atoms. The first-order valence-electron chi connectivity index (χ1n) is 6.80. The van der Waals surface area contributed by atoms with Gasteiger partial charge >= 0.3 is 0 Å². The summed E-state index contributed by atoms with van der Waals surface area (Å²) in [6.07, 6.45) is 9.56. The molecule has 1 rings (SSSR count). The zero-order valence-electron chi connectivity index (χ0n) is 11.0. The molecule has 0 fully saturated rings. The van der Waals surface area contributed by atoms with Crippen molar-refractivity contribution in [2.75, 3.05) is 0 Å². The molecule has 0 amide bonds. The van der Waals surface area contributed by atoms with Gasteiger partial charge in [-0.15, -0.1) is 0 Å². The third-order valence-electron chi connectivity index (χ3n) is 3.59. The van der Waals surface area contributed by atoms with Gasteiger partial charge in [-0.25, -0.2) is 4.39 Å². The maximum absolute atomic E-state index is 13.7. The summed E-state index contributed by atoms with van der Waals surface area (Å²) in [6, 6.07) is 0. The maximum Gasteiger partial charge on any atom is 0.122 e. The van der Waals surface area contributed by atoms with E-state index in [4.69, 9.17) is 0 Å². The van der Waals surface area contributed by atoms with Gasteiger partial charge in [-0.2, -0.15) is 0 Å². The van der Waals surface area contributed by atoms with Crippen LogP contribution in [0.4, 0.5) is 4.39 Å². The van der Waals surface area contributed by atoms with Crippen molar-refractivity contribution < 1.29 is 4.39 Å². The van der Waals surface area contributed by atoms with Crippen LogP contribution < -0.4 is 0 Å². The summed E-state index contributed by atoms with van der Waals surface area (Å²) >= 11 is 0. The average Bonchev–Trinajstić information content (AvgIpc) is 2.28. The molecule has 0 heterocycles. The molecule has 0 N–H and O–H groups in total. The average molecular weight is 224 g/mol. The minimum atomic E-state index is 0.0564. The largest absolute Gasteiger partial charge is 0.207 e. The normalized spacial score (nSPS) is 16.9. The minimum Gasteiger partial charge on any atom is -0.207 e. The van der Waals surface area contributed by atoms with E-state index in [1.807, 2.05) is 13.0 Å². The summed E-state index contributed by atoms with van der Waals surface area (Å²) in [5.41, 5.74) is 2.37. The molecule has 0 bridgehead atoms. The fraction of sp³-hybridized carbons (Fsp3) is 0.733. The van der Waals surface area contributed by atoms with Gasteiger partial charge in [0.25, 0.3) is 0 Å². The molecule has 0 aromatic carbocycles. The Balaban J connectivity index is 2.75. The van der Waals surface area contributed by atoms with Gasteiger partial charge in [-0.3, -0.25) is 0 Å². The number of hydrogen-bond donors (Lipinski definition) is 0. The van der Waals surface area contributed by atoms with Gasteiger partial charge in [0.1, 0.15) is 5.83 Å². The van der Waals surface area contributed by atoms with E-state index >= 15 is 0 Å². The monoisotopic (exact) mass is 224 g/mol. The highest BCUT2D eigenvalue weighted by molar-refractivity contribution is 5.30. The van der Waals surface area contributed by atoms with Gasteiger partial charge in [0.05, 0.1) is 0 Å². The first kappa shape index (κ1) is 13.5. The van der Waals surface area contributed by atoms with Crippen LogP contribution in [-0.4, -0.2) is 0 Å². The Morgan fingerprint density at radius 2 is 1.75 bits per heavy atom. The fourth-order valence-electron chi connectivity index (χ4n) is 2.63. The van der Waals surface area contributed by atoms with Crippen molar-refractivity contribution in [3.8, 4) is 0 Å². The Kier molecular flexibility index (Phi) is 5.79. The summed E-state index contributed by atoms with van der Waals surface area (Å²) < 4.78 is 13.7. The van der Waals surface area contributed by atoms with Crippen LogP contribution in [0.25, 0.3) is 0 Å². The van der Waals surface area contributed by atoms with Crippen molar-refractivity contribution in [3.63, 3.8) is 0 Å². The zero-order chi connectivity index (χ0) is 12.0. The number of hydrogen-bond acceptors (Lipinski definition) is 0. The first-order valence-corrected chi connectivity index (χ1v) is 6.80. The summed E-state index contributed by atoms with van der Waals surface area (Å²) in [4.78, 5) is 0. The lowest BCUT2D eigenvalue weighted by molar-refractivity contribution is 0.478. The van der Waals surface area contributed by atoms with Crippen molar-refractivity contribution in [2.24, 2.45) is 5.92 Å². The highest BCUT2D eigenvalue weighted by Crippen LogP contribution is 2.34. The van der Waals surface area contributed by atoms with E-state index in [1.54, 1.807) is 0 Å². The number of halogens is 1. The lowest BCUT2D eigenvalue weighted by atomic mass is 9.83. The van der Waals surface area contributed by atoms with Crippen LogP contribution in [0.1, 0.15) is 65.7 Å². The van der Waals surface area contributed by atoms with Crippen LogP contribution in [0.3, 0.4) is 0 Å². The molecular weight excluding hydrogens is 199 g/mol. The molecule has 0 nitrogen and oxygen atoms in total. The lowest BCUT2D eigenvalue weighted by Crippen LogP contribution is -2.08. The van der Waals surface area contributed by atoms with Gasteiger partial charge in [-0.05, 0) is 49.7 Å². The van der Waals surface area contributed by atoms with Gasteiger partial charge < -0.3 is 0 Å². The molecule has 0 unspecified atom stereocenters. The highest BCUT2D eigenvalue weighted by atomic mass is 19.1. The minimum absolute atomic E-state index is 0.0564. The van der Waals surface area contributed by atoms with Gasteiger partial charge in [0, 0.05) is 0 Å². The van der Waals surface area contributed by atoms with Crippen LogP contribution >= 0.6 is 0 Å². The Morgan fingerprint density at radius 3 is 2.19 bits per heavy atom. The summed E-state index contributed by atoms with van der Waals surface area (Å²) in [7, 11) is 0. The Bertz CT molecular complexity index is 267. The smallest absolute Gasteiger partial charge is 0.122 e. The van der Waals surface area contributed by atoms with Crippen molar-refractivity contribution in [1.82, 2.24) is 0 Å². The molecule has 1 aliphatic carbocycles. The van der Waals surface area contributed by atoms with E-state index in [0.717, 1.165) is 24.8 Å². The third kappa shape index (κ3) is 3.47. The molecule has 0 atom stereocenters. The predicted molar refractivity (Wildman–Crippen MR) is 69.0 cm³/mol. The SMILES string of the molecule is CCCC(CCC)C1=CC(F)=C(CC)CC1. The molecule has 0 aromatic heterocycles. The van der Waals surface area contributed by atoms with E-state index in [0.29, 0.717) is 5.92 Å². The Labute approximate surface area is 99.6 Å². The van der Waals surface area contributed by atoms with Crippen molar-refractivity contribution >= 4 is 0 Å². The van der Waals surface area contributed by atoms with Crippen molar-refractivity contribution in [3.05, 3.63) is 23.0 Å².